The number of nitrogens with one attached hydrogen (secondary N) is 1. The van der Waals surface area contributed by atoms with Crippen molar-refractivity contribution >= 4 is 5.91 Å². The summed E-state index contributed by atoms with van der Waals surface area (Å²) < 4.78 is 10.8. The first-order valence-electron chi connectivity index (χ1n) is 5.40. The number of carbonyl (C=O) groups is 1. The van der Waals surface area contributed by atoms with Crippen LogP contribution in [0.5, 0.6) is 5.75 Å². The predicted molar refractivity (Wildman–Crippen MR) is 59.3 cm³/mol. The summed E-state index contributed by atoms with van der Waals surface area (Å²) >= 11 is 0. The highest BCUT2D eigenvalue weighted by Gasteiger charge is 2.19. The molecule has 4 nitrogen and oxygen atoms in total. The molecule has 1 aromatic rings. The third-order valence-corrected chi connectivity index (χ3v) is 2.46. The Morgan fingerprint density at radius 1 is 1.44 bits per heavy atom. The molecule has 0 aliphatic carbocycles. The Balaban J connectivity index is 2.01. The van der Waals surface area contributed by atoms with E-state index in [1.165, 1.54) is 0 Å². The van der Waals surface area contributed by atoms with E-state index in [1.807, 2.05) is 31.2 Å². The Hall–Kier alpha value is -1.55. The maximum absolute atomic E-state index is 10.9. The van der Waals surface area contributed by atoms with Gasteiger partial charge in [-0.3, -0.25) is 4.79 Å². The van der Waals surface area contributed by atoms with Gasteiger partial charge in [0, 0.05) is 6.54 Å². The third kappa shape index (κ3) is 2.52. The fourth-order valence-electron chi connectivity index (χ4n) is 1.65. The maximum Gasteiger partial charge on any atom is 0.246 e. The van der Waals surface area contributed by atoms with Gasteiger partial charge >= 0.3 is 0 Å². The molecule has 2 rings (SSSR count). The van der Waals surface area contributed by atoms with Crippen LogP contribution in [0.15, 0.2) is 24.3 Å². The minimum atomic E-state index is -0.0535. The first kappa shape index (κ1) is 11.0. The van der Waals surface area contributed by atoms with Crippen LogP contribution in [-0.2, 0) is 9.53 Å². The zero-order chi connectivity index (χ0) is 11.4. The zero-order valence-electron chi connectivity index (χ0n) is 9.23. The first-order chi connectivity index (χ1) is 7.79. The van der Waals surface area contributed by atoms with Crippen molar-refractivity contribution in [3.05, 3.63) is 29.8 Å². The van der Waals surface area contributed by atoms with Gasteiger partial charge in [0.2, 0.25) is 5.91 Å². The predicted octanol–water partition coefficient (Wildman–Crippen LogP) is 1.27. The molecule has 0 aromatic heterocycles. The second-order valence-corrected chi connectivity index (χ2v) is 3.61. The van der Waals surface area contributed by atoms with Gasteiger partial charge in [-0.1, -0.05) is 12.1 Å². The molecule has 0 saturated carbocycles. The van der Waals surface area contributed by atoms with Crippen molar-refractivity contribution < 1.29 is 14.3 Å². The largest absolute Gasteiger partial charge is 0.494 e. The quantitative estimate of drug-likeness (QED) is 0.836. The third-order valence-electron chi connectivity index (χ3n) is 2.46. The highest BCUT2D eigenvalue weighted by Crippen LogP contribution is 2.21. The van der Waals surface area contributed by atoms with Crippen molar-refractivity contribution in [2.45, 2.75) is 13.0 Å². The summed E-state index contributed by atoms with van der Waals surface area (Å²) in [5.74, 6) is 0.799. The lowest BCUT2D eigenvalue weighted by atomic mass is 10.1. The summed E-state index contributed by atoms with van der Waals surface area (Å²) in [4.78, 5) is 10.9. The van der Waals surface area contributed by atoms with E-state index in [-0.39, 0.29) is 18.6 Å². The second-order valence-electron chi connectivity index (χ2n) is 3.61. The second kappa shape index (κ2) is 4.99. The fraction of sp³-hybridized carbons (Fsp3) is 0.417. The number of amides is 1. The summed E-state index contributed by atoms with van der Waals surface area (Å²) in [7, 11) is 0. The number of rotatable bonds is 3. The molecule has 1 aromatic carbocycles. The van der Waals surface area contributed by atoms with Crippen molar-refractivity contribution in [1.82, 2.24) is 5.32 Å². The lowest BCUT2D eigenvalue weighted by molar-refractivity contribution is -0.133. The van der Waals surface area contributed by atoms with Crippen molar-refractivity contribution in [2.24, 2.45) is 0 Å². The summed E-state index contributed by atoms with van der Waals surface area (Å²) in [5.41, 5.74) is 1.06. The summed E-state index contributed by atoms with van der Waals surface area (Å²) in [6.45, 7) is 3.29. The van der Waals surface area contributed by atoms with Gasteiger partial charge < -0.3 is 14.8 Å². The van der Waals surface area contributed by atoms with Crippen LogP contribution in [0.2, 0.25) is 0 Å². The maximum atomic E-state index is 10.9. The first-order valence-corrected chi connectivity index (χ1v) is 5.40. The number of carbonyl (C=O) groups excluding carboxylic acids is 1. The van der Waals surface area contributed by atoms with Crippen LogP contribution in [0.1, 0.15) is 18.6 Å². The summed E-state index contributed by atoms with van der Waals surface area (Å²) in [6, 6.07) is 7.76. The molecular formula is C12H15NO3. The van der Waals surface area contributed by atoms with Gasteiger partial charge in [-0.25, -0.2) is 0 Å². The topological polar surface area (TPSA) is 47.6 Å². The van der Waals surface area contributed by atoms with E-state index in [1.54, 1.807) is 0 Å². The van der Waals surface area contributed by atoms with Crippen LogP contribution in [0.3, 0.4) is 0 Å². The molecular weight excluding hydrogens is 206 g/mol. The molecule has 1 saturated heterocycles. The van der Waals surface area contributed by atoms with Gasteiger partial charge in [-0.05, 0) is 24.6 Å². The molecule has 0 unspecified atom stereocenters. The van der Waals surface area contributed by atoms with Gasteiger partial charge in [0.1, 0.15) is 18.5 Å². The van der Waals surface area contributed by atoms with E-state index in [9.17, 15) is 4.79 Å². The van der Waals surface area contributed by atoms with E-state index >= 15 is 0 Å². The monoisotopic (exact) mass is 221 g/mol. The van der Waals surface area contributed by atoms with Gasteiger partial charge in [0.25, 0.3) is 0 Å². The van der Waals surface area contributed by atoms with Gasteiger partial charge in [0.15, 0.2) is 0 Å². The molecule has 1 aliphatic heterocycles. The van der Waals surface area contributed by atoms with E-state index in [0.29, 0.717) is 13.2 Å². The smallest absolute Gasteiger partial charge is 0.246 e. The standard InChI is InChI=1S/C12H15NO3/c1-2-15-10-5-3-9(4-6-10)11-7-13-12(14)8-16-11/h3-6,11H,2,7-8H2,1H3,(H,13,14)/t11-/m0/s1. The molecule has 4 heteroatoms. The van der Waals surface area contributed by atoms with Crippen molar-refractivity contribution in [1.29, 1.82) is 0 Å². The normalized spacial score (nSPS) is 20.3. The number of benzene rings is 1. The van der Waals surface area contributed by atoms with Crippen LogP contribution in [0.25, 0.3) is 0 Å². The van der Waals surface area contributed by atoms with Crippen molar-refractivity contribution in [2.75, 3.05) is 19.8 Å². The molecule has 0 bridgehead atoms. The molecule has 1 amide bonds. The van der Waals surface area contributed by atoms with Gasteiger partial charge in [-0.15, -0.1) is 0 Å². The Kier molecular flexibility index (Phi) is 3.41. The molecule has 0 radical (unpaired) electrons. The molecule has 0 spiro atoms. The van der Waals surface area contributed by atoms with Crippen LogP contribution < -0.4 is 10.1 Å². The molecule has 86 valence electrons. The number of ether oxygens (including phenoxy) is 2. The highest BCUT2D eigenvalue weighted by molar-refractivity contribution is 5.77. The van der Waals surface area contributed by atoms with Crippen molar-refractivity contribution in [3.8, 4) is 5.75 Å². The van der Waals surface area contributed by atoms with Crippen LogP contribution in [0, 0.1) is 0 Å². The summed E-state index contributed by atoms with van der Waals surface area (Å²) in [5, 5.41) is 2.78. The van der Waals surface area contributed by atoms with Crippen molar-refractivity contribution in [3.63, 3.8) is 0 Å². The number of morpholine rings is 1. The molecule has 1 aliphatic rings. The Morgan fingerprint density at radius 3 is 2.75 bits per heavy atom. The fourth-order valence-corrected chi connectivity index (χ4v) is 1.65. The average Bonchev–Trinajstić information content (AvgIpc) is 2.32. The number of hydrogen-bond acceptors (Lipinski definition) is 3. The van der Waals surface area contributed by atoms with E-state index in [4.69, 9.17) is 9.47 Å². The minimum Gasteiger partial charge on any atom is -0.494 e. The van der Waals surface area contributed by atoms with Crippen LogP contribution in [-0.4, -0.2) is 25.7 Å². The van der Waals surface area contributed by atoms with Gasteiger partial charge in [0.05, 0.1) is 6.61 Å². The Bertz CT molecular complexity index is 351. The molecule has 1 heterocycles. The Morgan fingerprint density at radius 2 is 2.19 bits per heavy atom. The lowest BCUT2D eigenvalue weighted by Crippen LogP contribution is -2.38. The van der Waals surface area contributed by atoms with Crippen LogP contribution >= 0.6 is 0 Å². The van der Waals surface area contributed by atoms with E-state index in [0.717, 1.165) is 11.3 Å². The lowest BCUT2D eigenvalue weighted by Gasteiger charge is -2.23. The number of hydrogen-bond donors (Lipinski definition) is 1. The SMILES string of the molecule is CCOc1ccc([C@@H]2CNC(=O)CO2)cc1. The zero-order valence-corrected chi connectivity index (χ0v) is 9.23. The van der Waals surface area contributed by atoms with Crippen LogP contribution in [0.4, 0.5) is 0 Å². The highest BCUT2D eigenvalue weighted by atomic mass is 16.5. The Labute approximate surface area is 94.6 Å². The minimum absolute atomic E-state index is 0.0478. The molecule has 16 heavy (non-hydrogen) atoms. The molecule has 1 fully saturated rings. The molecule has 1 N–H and O–H groups in total. The average molecular weight is 221 g/mol. The molecule has 1 atom stereocenters. The van der Waals surface area contributed by atoms with Gasteiger partial charge in [-0.2, -0.15) is 0 Å². The van der Waals surface area contributed by atoms with E-state index in [2.05, 4.69) is 5.32 Å². The van der Waals surface area contributed by atoms with E-state index < -0.39 is 0 Å². The summed E-state index contributed by atoms with van der Waals surface area (Å²) in [6.07, 6.45) is -0.0478.